The second-order valence-electron chi connectivity index (χ2n) is 5.91. The number of fused-ring (bicyclic) bond motifs is 1. The Morgan fingerprint density at radius 3 is 2.67 bits per heavy atom. The van der Waals surface area contributed by atoms with Crippen LogP contribution in [0.4, 0.5) is 13.2 Å². The number of nitriles is 1. The number of rotatable bonds is 4. The summed E-state index contributed by atoms with van der Waals surface area (Å²) in [4.78, 5) is 12.8. The lowest BCUT2D eigenvalue weighted by atomic mass is 10.0. The van der Waals surface area contributed by atoms with Crippen LogP contribution in [0.2, 0.25) is 0 Å². The molecule has 138 valence electrons. The second kappa shape index (κ2) is 7.11. The maximum Gasteiger partial charge on any atom is 0.416 e. The first-order valence-electron chi connectivity index (χ1n) is 8.13. The highest BCUT2D eigenvalue weighted by Crippen LogP contribution is 2.32. The molecule has 0 atom stereocenters. The second-order valence-corrected chi connectivity index (χ2v) is 5.91. The summed E-state index contributed by atoms with van der Waals surface area (Å²) in [5.41, 5.74) is -1.73. The van der Waals surface area contributed by atoms with Crippen LogP contribution in [0.25, 0.3) is 16.8 Å². The Balaban J connectivity index is 2.28. The van der Waals surface area contributed by atoms with Crippen LogP contribution in [-0.2, 0) is 12.7 Å². The predicted molar refractivity (Wildman–Crippen MR) is 88.6 cm³/mol. The topological polar surface area (TPSA) is 72.2 Å². The molecule has 2 aromatic heterocycles. The van der Waals surface area contributed by atoms with E-state index in [1.807, 2.05) is 6.07 Å². The monoisotopic (exact) mass is 373 g/mol. The molecule has 0 saturated heterocycles. The van der Waals surface area contributed by atoms with E-state index in [0.29, 0.717) is 12.1 Å². The summed E-state index contributed by atoms with van der Waals surface area (Å²) in [7, 11) is 0. The smallest absolute Gasteiger partial charge is 0.416 e. The van der Waals surface area contributed by atoms with E-state index < -0.39 is 23.2 Å². The fourth-order valence-corrected chi connectivity index (χ4v) is 2.91. The van der Waals surface area contributed by atoms with Crippen LogP contribution in [0.15, 0.2) is 53.5 Å². The highest BCUT2D eigenvalue weighted by Gasteiger charge is 2.31. The van der Waals surface area contributed by atoms with Gasteiger partial charge in [-0.25, -0.2) is 9.36 Å². The molecule has 0 spiro atoms. The molecule has 0 aliphatic rings. The van der Waals surface area contributed by atoms with E-state index >= 15 is 0 Å². The van der Waals surface area contributed by atoms with Crippen LogP contribution in [0.5, 0.6) is 5.88 Å². The number of unbranched alkanes of at least 4 members (excludes halogenated alkanes) is 1. The molecule has 0 saturated carbocycles. The predicted octanol–water partition coefficient (Wildman–Crippen LogP) is 2.65. The number of halogens is 3. The third kappa shape index (κ3) is 3.49. The molecule has 0 radical (unpaired) electrons. The first kappa shape index (κ1) is 18.5. The van der Waals surface area contributed by atoms with Gasteiger partial charge in [0.2, 0.25) is 0 Å². The molecule has 1 aromatic carbocycles. The molecule has 3 aromatic rings. The zero-order valence-corrected chi connectivity index (χ0v) is 14.0. The molecular formula is C19H14F3N3O2. The Morgan fingerprint density at radius 2 is 1.96 bits per heavy atom. The average Bonchev–Trinajstić information content (AvgIpc) is 2.64. The summed E-state index contributed by atoms with van der Waals surface area (Å²) in [6.07, 6.45) is -2.55. The van der Waals surface area contributed by atoms with Gasteiger partial charge in [-0.3, -0.25) is 0 Å². The third-order valence-corrected chi connectivity index (χ3v) is 4.16. The van der Waals surface area contributed by atoms with Crippen molar-refractivity contribution in [2.75, 3.05) is 0 Å². The SMILES string of the molecule is N#CCCC[n+]1c([O-])c(-c2cccc(C(F)(F)F)c2)c(=O)n2ccccc21. The van der Waals surface area contributed by atoms with E-state index in [2.05, 4.69) is 0 Å². The van der Waals surface area contributed by atoms with Gasteiger partial charge in [-0.15, -0.1) is 0 Å². The van der Waals surface area contributed by atoms with Gasteiger partial charge in [-0.1, -0.05) is 18.2 Å². The van der Waals surface area contributed by atoms with Crippen LogP contribution in [0, 0.1) is 11.3 Å². The van der Waals surface area contributed by atoms with Gasteiger partial charge >= 0.3 is 11.7 Å². The number of hydrogen-bond acceptors (Lipinski definition) is 3. The van der Waals surface area contributed by atoms with Crippen molar-refractivity contribution in [3.8, 4) is 23.1 Å². The van der Waals surface area contributed by atoms with E-state index in [-0.39, 0.29) is 24.1 Å². The fourth-order valence-electron chi connectivity index (χ4n) is 2.91. The third-order valence-electron chi connectivity index (χ3n) is 4.16. The van der Waals surface area contributed by atoms with Gasteiger partial charge in [0.05, 0.1) is 30.3 Å². The molecule has 3 rings (SSSR count). The van der Waals surface area contributed by atoms with Gasteiger partial charge in [0.1, 0.15) is 5.56 Å². The van der Waals surface area contributed by atoms with Gasteiger partial charge < -0.3 is 5.11 Å². The van der Waals surface area contributed by atoms with Crippen molar-refractivity contribution in [2.24, 2.45) is 0 Å². The molecule has 0 unspecified atom stereocenters. The first-order valence-corrected chi connectivity index (χ1v) is 8.13. The Labute approximate surface area is 152 Å². The number of nitrogens with zero attached hydrogens (tertiary/aromatic N) is 3. The average molecular weight is 373 g/mol. The molecule has 0 aliphatic carbocycles. The molecule has 0 aliphatic heterocycles. The van der Waals surface area contributed by atoms with E-state index in [1.165, 1.54) is 21.2 Å². The van der Waals surface area contributed by atoms with Crippen LogP contribution >= 0.6 is 0 Å². The van der Waals surface area contributed by atoms with Gasteiger partial charge in [-0.2, -0.15) is 22.8 Å². The Bertz CT molecular complexity index is 1100. The quantitative estimate of drug-likeness (QED) is 0.521. The first-order chi connectivity index (χ1) is 12.8. The number of aromatic nitrogens is 2. The zero-order valence-electron chi connectivity index (χ0n) is 14.0. The normalized spacial score (nSPS) is 11.5. The molecular weight excluding hydrogens is 359 g/mol. The number of aryl methyl sites for hydroxylation is 1. The molecule has 0 bridgehead atoms. The van der Waals surface area contributed by atoms with E-state index in [4.69, 9.17) is 5.26 Å². The van der Waals surface area contributed by atoms with Gasteiger partial charge in [-0.05, 0) is 30.2 Å². The van der Waals surface area contributed by atoms with E-state index in [0.717, 1.165) is 18.2 Å². The lowest BCUT2D eigenvalue weighted by molar-refractivity contribution is -0.715. The minimum atomic E-state index is -4.59. The van der Waals surface area contributed by atoms with E-state index in [1.54, 1.807) is 18.2 Å². The molecule has 2 heterocycles. The lowest BCUT2D eigenvalue weighted by Crippen LogP contribution is -2.44. The Hall–Kier alpha value is -3.34. The van der Waals surface area contributed by atoms with Crippen molar-refractivity contribution in [1.82, 2.24) is 4.40 Å². The highest BCUT2D eigenvalue weighted by atomic mass is 19.4. The van der Waals surface area contributed by atoms with Gasteiger partial charge in [0.25, 0.3) is 5.65 Å². The fraction of sp³-hybridized carbons (Fsp3) is 0.211. The number of alkyl halides is 3. The highest BCUT2D eigenvalue weighted by molar-refractivity contribution is 5.67. The minimum absolute atomic E-state index is 0.0906. The van der Waals surface area contributed by atoms with Crippen molar-refractivity contribution in [3.63, 3.8) is 0 Å². The van der Waals surface area contributed by atoms with Crippen molar-refractivity contribution >= 4 is 5.65 Å². The van der Waals surface area contributed by atoms with Crippen LogP contribution in [0.3, 0.4) is 0 Å². The number of benzene rings is 1. The summed E-state index contributed by atoms with van der Waals surface area (Å²) in [6.45, 7) is 0.173. The summed E-state index contributed by atoms with van der Waals surface area (Å²) < 4.78 is 41.6. The van der Waals surface area contributed by atoms with E-state index in [9.17, 15) is 23.1 Å². The molecule has 0 amide bonds. The molecule has 27 heavy (non-hydrogen) atoms. The van der Waals surface area contributed by atoms with Gasteiger partial charge in [0, 0.05) is 12.5 Å². The van der Waals surface area contributed by atoms with Crippen molar-refractivity contribution in [2.45, 2.75) is 25.6 Å². The van der Waals surface area contributed by atoms with Crippen LogP contribution < -0.4 is 15.2 Å². The Kier molecular flexibility index (Phi) is 4.86. The molecule has 0 N–H and O–H groups in total. The summed E-state index contributed by atoms with van der Waals surface area (Å²) >= 11 is 0. The van der Waals surface area contributed by atoms with Crippen molar-refractivity contribution in [1.29, 1.82) is 5.26 Å². The molecule has 0 fully saturated rings. The van der Waals surface area contributed by atoms with Crippen molar-refractivity contribution in [3.05, 3.63) is 64.6 Å². The standard InChI is InChI=1S/C19H14F3N3O2/c20-19(21,22)14-7-5-6-13(12-14)16-17(26)24-10-3-1-8-15(24)25(18(16)27)11-4-2-9-23/h1,3,5-8,10,12H,2,4,11H2. The minimum Gasteiger partial charge on any atom is -0.842 e. The zero-order chi connectivity index (χ0) is 19.6. The lowest BCUT2D eigenvalue weighted by Gasteiger charge is -2.17. The Morgan fingerprint density at radius 1 is 1.19 bits per heavy atom. The number of pyridine rings is 1. The summed E-state index contributed by atoms with van der Waals surface area (Å²) in [5, 5.41) is 21.7. The van der Waals surface area contributed by atoms with Crippen molar-refractivity contribution < 1.29 is 22.8 Å². The number of hydrogen-bond donors (Lipinski definition) is 0. The summed E-state index contributed by atoms with van der Waals surface area (Å²) in [5.74, 6) is -0.677. The van der Waals surface area contributed by atoms with Gasteiger partial charge in [0.15, 0.2) is 0 Å². The molecule has 8 heteroatoms. The molecule has 5 nitrogen and oxygen atoms in total. The summed E-state index contributed by atoms with van der Waals surface area (Å²) in [6, 6.07) is 10.9. The maximum absolute atomic E-state index is 13.0. The van der Waals surface area contributed by atoms with Crippen LogP contribution in [-0.4, -0.2) is 4.40 Å². The van der Waals surface area contributed by atoms with Crippen LogP contribution in [0.1, 0.15) is 18.4 Å². The maximum atomic E-state index is 13.0. The largest absolute Gasteiger partial charge is 0.842 e.